The average molecular weight is 346 g/mol. The molecule has 0 saturated heterocycles. The van der Waals surface area contributed by atoms with Gasteiger partial charge >= 0.3 is 0 Å². The van der Waals surface area contributed by atoms with E-state index in [2.05, 4.69) is 26.6 Å². The van der Waals surface area contributed by atoms with Gasteiger partial charge in [0, 0.05) is 16.4 Å². The van der Waals surface area contributed by atoms with Gasteiger partial charge in [-0.15, -0.1) is 0 Å². The predicted molar refractivity (Wildman–Crippen MR) is 82.0 cm³/mol. The van der Waals surface area contributed by atoms with Crippen molar-refractivity contribution in [3.8, 4) is 6.07 Å². The maximum atomic E-state index is 11.9. The Morgan fingerprint density at radius 2 is 2.10 bits per heavy atom. The highest BCUT2D eigenvalue weighted by atomic mass is 79.9. The smallest absolute Gasteiger partial charge is 0.267 e. The Labute approximate surface area is 130 Å². The third-order valence-corrected chi connectivity index (χ3v) is 3.10. The molecule has 0 bridgehead atoms. The summed E-state index contributed by atoms with van der Waals surface area (Å²) in [5.74, 6) is 0.253. The highest BCUT2D eigenvalue weighted by Crippen LogP contribution is 2.14. The van der Waals surface area contributed by atoms with E-state index >= 15 is 0 Å². The molecule has 21 heavy (non-hydrogen) atoms. The molecule has 2 N–H and O–H groups in total. The molecule has 1 aromatic carbocycles. The third kappa shape index (κ3) is 4.51. The minimum Gasteiger partial charge on any atom is -0.467 e. The van der Waals surface area contributed by atoms with Crippen molar-refractivity contribution in [2.24, 2.45) is 0 Å². The summed E-state index contributed by atoms with van der Waals surface area (Å²) in [6.45, 7) is 0.406. The molecule has 0 fully saturated rings. The molecule has 2 rings (SSSR count). The van der Waals surface area contributed by atoms with Crippen molar-refractivity contribution >= 4 is 27.5 Å². The molecule has 0 atom stereocenters. The first-order valence-electron chi connectivity index (χ1n) is 6.12. The molecule has 1 amide bonds. The van der Waals surface area contributed by atoms with E-state index in [0.717, 1.165) is 10.2 Å². The van der Waals surface area contributed by atoms with Crippen LogP contribution in [-0.2, 0) is 11.3 Å². The number of hydrogen-bond acceptors (Lipinski definition) is 4. The second-order valence-corrected chi connectivity index (χ2v) is 5.01. The summed E-state index contributed by atoms with van der Waals surface area (Å²) >= 11 is 3.31. The van der Waals surface area contributed by atoms with E-state index in [9.17, 15) is 4.79 Å². The monoisotopic (exact) mass is 345 g/mol. The Balaban J connectivity index is 1.94. The van der Waals surface area contributed by atoms with Crippen LogP contribution >= 0.6 is 15.9 Å². The third-order valence-electron chi connectivity index (χ3n) is 2.57. The fraction of sp³-hybridized carbons (Fsp3) is 0.0667. The summed E-state index contributed by atoms with van der Waals surface area (Å²) < 4.78 is 6.05. The number of hydrogen-bond donors (Lipinski definition) is 2. The predicted octanol–water partition coefficient (Wildman–Crippen LogP) is 3.18. The minimum atomic E-state index is -0.466. The maximum absolute atomic E-state index is 11.9. The van der Waals surface area contributed by atoms with Gasteiger partial charge in [0.15, 0.2) is 0 Å². The van der Waals surface area contributed by atoms with Crippen molar-refractivity contribution in [3.05, 3.63) is 64.7 Å². The second-order valence-electron chi connectivity index (χ2n) is 4.09. The lowest BCUT2D eigenvalue weighted by molar-refractivity contribution is -0.112. The number of nitrogens with one attached hydrogen (secondary N) is 2. The van der Waals surface area contributed by atoms with Crippen LogP contribution < -0.4 is 10.6 Å². The highest BCUT2D eigenvalue weighted by molar-refractivity contribution is 9.10. The molecule has 1 heterocycles. The van der Waals surface area contributed by atoms with Gasteiger partial charge in [-0.2, -0.15) is 5.26 Å². The Kier molecular flexibility index (Phi) is 5.18. The normalized spacial score (nSPS) is 10.8. The van der Waals surface area contributed by atoms with Crippen LogP contribution in [0.15, 0.2) is 63.3 Å². The van der Waals surface area contributed by atoms with E-state index in [0.29, 0.717) is 12.2 Å². The van der Waals surface area contributed by atoms with E-state index < -0.39 is 5.91 Å². The van der Waals surface area contributed by atoms with Gasteiger partial charge in [-0.3, -0.25) is 4.79 Å². The van der Waals surface area contributed by atoms with Crippen molar-refractivity contribution in [2.75, 3.05) is 5.32 Å². The first-order valence-corrected chi connectivity index (χ1v) is 6.91. The quantitative estimate of drug-likeness (QED) is 0.644. The lowest BCUT2D eigenvalue weighted by Gasteiger charge is -2.04. The Morgan fingerprint density at radius 3 is 2.71 bits per heavy atom. The fourth-order valence-electron chi connectivity index (χ4n) is 1.55. The van der Waals surface area contributed by atoms with Gasteiger partial charge in [0.25, 0.3) is 5.91 Å². The lowest BCUT2D eigenvalue weighted by Crippen LogP contribution is -2.16. The van der Waals surface area contributed by atoms with E-state index in [-0.39, 0.29) is 5.57 Å². The minimum absolute atomic E-state index is 0.00975. The lowest BCUT2D eigenvalue weighted by atomic mass is 10.2. The molecule has 0 saturated carbocycles. The van der Waals surface area contributed by atoms with E-state index in [1.165, 1.54) is 6.20 Å². The molecule has 6 heteroatoms. The highest BCUT2D eigenvalue weighted by Gasteiger charge is 2.09. The molecule has 0 unspecified atom stereocenters. The van der Waals surface area contributed by atoms with Crippen molar-refractivity contribution in [1.29, 1.82) is 5.26 Å². The Hall–Kier alpha value is -2.52. The molecule has 0 aliphatic heterocycles. The van der Waals surface area contributed by atoms with Gasteiger partial charge < -0.3 is 15.1 Å². The number of carbonyl (C=O) groups is 1. The number of nitrogens with zero attached hydrogens (tertiary/aromatic N) is 1. The van der Waals surface area contributed by atoms with Crippen molar-refractivity contribution in [2.45, 2.75) is 6.54 Å². The van der Waals surface area contributed by atoms with E-state index in [1.807, 2.05) is 6.07 Å². The van der Waals surface area contributed by atoms with Crippen LogP contribution in [0.5, 0.6) is 0 Å². The summed E-state index contributed by atoms with van der Waals surface area (Å²) in [7, 11) is 0. The summed E-state index contributed by atoms with van der Waals surface area (Å²) in [5.41, 5.74) is 0.611. The van der Waals surface area contributed by atoms with Gasteiger partial charge in [-0.25, -0.2) is 0 Å². The largest absolute Gasteiger partial charge is 0.467 e. The zero-order chi connectivity index (χ0) is 15.1. The first-order chi connectivity index (χ1) is 10.2. The van der Waals surface area contributed by atoms with Crippen molar-refractivity contribution < 1.29 is 9.21 Å². The molecule has 0 aliphatic rings. The topological polar surface area (TPSA) is 78.1 Å². The summed E-state index contributed by atoms with van der Waals surface area (Å²) in [6, 6.07) is 12.5. The summed E-state index contributed by atoms with van der Waals surface area (Å²) in [5, 5.41) is 14.5. The number of anilines is 1. The molecule has 0 spiro atoms. The van der Waals surface area contributed by atoms with Crippen molar-refractivity contribution in [1.82, 2.24) is 5.32 Å². The van der Waals surface area contributed by atoms with Gasteiger partial charge in [0.1, 0.15) is 17.4 Å². The standard InChI is InChI=1S/C15H12BrN3O2/c16-12-3-5-13(6-4-12)19-15(20)11(8-17)9-18-10-14-2-1-7-21-14/h1-7,9,18H,10H2,(H,19,20)/b11-9-. The molecule has 0 aliphatic carbocycles. The van der Waals surface area contributed by atoms with Crippen LogP contribution in [0, 0.1) is 11.3 Å². The number of furan rings is 1. The van der Waals surface area contributed by atoms with E-state index in [4.69, 9.17) is 9.68 Å². The zero-order valence-corrected chi connectivity index (χ0v) is 12.6. The number of nitriles is 1. The number of rotatable bonds is 5. The summed E-state index contributed by atoms with van der Waals surface area (Å²) in [4.78, 5) is 11.9. The van der Waals surface area contributed by atoms with E-state index in [1.54, 1.807) is 42.7 Å². The first kappa shape index (κ1) is 14.9. The Bertz CT molecular complexity index is 670. The number of halogens is 1. The van der Waals surface area contributed by atoms with Crippen molar-refractivity contribution in [3.63, 3.8) is 0 Å². The number of carbonyl (C=O) groups excluding carboxylic acids is 1. The SMILES string of the molecule is N#C/C(=C/NCc1ccco1)C(=O)Nc1ccc(Br)cc1. The molecule has 5 nitrogen and oxygen atoms in total. The second kappa shape index (κ2) is 7.31. The number of benzene rings is 1. The molecule has 2 aromatic rings. The van der Waals surface area contributed by atoms with Gasteiger partial charge in [0.05, 0.1) is 12.8 Å². The molecular weight excluding hydrogens is 334 g/mol. The average Bonchev–Trinajstić information content (AvgIpc) is 2.99. The van der Waals surface area contributed by atoms with Gasteiger partial charge in [-0.05, 0) is 36.4 Å². The van der Waals surface area contributed by atoms with Crippen LogP contribution in [0.25, 0.3) is 0 Å². The van der Waals surface area contributed by atoms with Crippen LogP contribution in [0.2, 0.25) is 0 Å². The number of amides is 1. The molecular formula is C15H12BrN3O2. The molecule has 1 aromatic heterocycles. The summed E-state index contributed by atoms with van der Waals surface area (Å²) in [6.07, 6.45) is 2.93. The van der Waals surface area contributed by atoms with Gasteiger partial charge in [0.2, 0.25) is 0 Å². The van der Waals surface area contributed by atoms with Crippen LogP contribution in [0.4, 0.5) is 5.69 Å². The van der Waals surface area contributed by atoms with Crippen LogP contribution in [-0.4, -0.2) is 5.91 Å². The molecule has 106 valence electrons. The van der Waals surface area contributed by atoms with Crippen LogP contribution in [0.1, 0.15) is 5.76 Å². The zero-order valence-electron chi connectivity index (χ0n) is 11.0. The van der Waals surface area contributed by atoms with Crippen LogP contribution in [0.3, 0.4) is 0 Å². The molecule has 0 radical (unpaired) electrons. The van der Waals surface area contributed by atoms with Gasteiger partial charge in [-0.1, -0.05) is 15.9 Å². The maximum Gasteiger partial charge on any atom is 0.267 e. The fourth-order valence-corrected chi connectivity index (χ4v) is 1.81. The Morgan fingerprint density at radius 1 is 1.33 bits per heavy atom.